The van der Waals surface area contributed by atoms with Crippen LogP contribution in [0.25, 0.3) is 32.9 Å². The lowest BCUT2D eigenvalue weighted by atomic mass is 9.95. The Bertz CT molecular complexity index is 1090. The molecular weight excluding hydrogens is 368 g/mol. The van der Waals surface area contributed by atoms with E-state index in [0.29, 0.717) is 11.7 Å². The highest BCUT2D eigenvalue weighted by Gasteiger charge is 2.21. The predicted octanol–water partition coefficient (Wildman–Crippen LogP) is 4.39. The van der Waals surface area contributed by atoms with Gasteiger partial charge in [0, 0.05) is 34.3 Å². The van der Waals surface area contributed by atoms with Crippen LogP contribution in [0.15, 0.2) is 40.4 Å². The average Bonchev–Trinajstić information content (AvgIpc) is 3.30. The fraction of sp³-hybridized carbons (Fsp3) is 0.211. The SMILES string of the molecule is Cc1ncc2c(c1-c1noc(-c3ccc4sccc4c3)n1)CCNC2.Cl. The monoisotopic (exact) mass is 384 g/mol. The topological polar surface area (TPSA) is 63.8 Å². The van der Waals surface area contributed by atoms with Crippen LogP contribution < -0.4 is 5.32 Å². The zero-order chi connectivity index (χ0) is 16.8. The van der Waals surface area contributed by atoms with E-state index >= 15 is 0 Å². The number of rotatable bonds is 2. The van der Waals surface area contributed by atoms with Crippen LogP contribution in [0.4, 0.5) is 0 Å². The molecule has 3 aromatic heterocycles. The Hall–Kier alpha value is -2.28. The molecule has 0 saturated carbocycles. The Labute approximate surface area is 160 Å². The van der Waals surface area contributed by atoms with Gasteiger partial charge in [0.2, 0.25) is 5.82 Å². The maximum Gasteiger partial charge on any atom is 0.258 e. The molecule has 5 rings (SSSR count). The summed E-state index contributed by atoms with van der Waals surface area (Å²) in [6.07, 6.45) is 2.91. The lowest BCUT2D eigenvalue weighted by molar-refractivity contribution is 0.432. The summed E-state index contributed by atoms with van der Waals surface area (Å²) in [6, 6.07) is 8.34. The summed E-state index contributed by atoms with van der Waals surface area (Å²) >= 11 is 1.73. The largest absolute Gasteiger partial charge is 0.334 e. The van der Waals surface area contributed by atoms with Gasteiger partial charge in [-0.2, -0.15) is 4.98 Å². The number of pyridine rings is 1. The van der Waals surface area contributed by atoms with Crippen molar-refractivity contribution in [1.82, 2.24) is 20.4 Å². The molecule has 4 aromatic rings. The third-order valence-electron chi connectivity index (χ3n) is 4.68. The predicted molar refractivity (Wildman–Crippen MR) is 106 cm³/mol. The molecule has 0 unspecified atom stereocenters. The second-order valence-corrected chi connectivity index (χ2v) is 7.19. The van der Waals surface area contributed by atoms with Gasteiger partial charge < -0.3 is 9.84 Å². The van der Waals surface area contributed by atoms with Gasteiger partial charge in [-0.1, -0.05) is 5.16 Å². The minimum absolute atomic E-state index is 0. The summed E-state index contributed by atoms with van der Waals surface area (Å²) in [7, 11) is 0. The van der Waals surface area contributed by atoms with E-state index in [9.17, 15) is 0 Å². The number of hydrogen-bond acceptors (Lipinski definition) is 6. The van der Waals surface area contributed by atoms with Gasteiger partial charge in [0.15, 0.2) is 0 Å². The molecule has 4 heterocycles. The lowest BCUT2D eigenvalue weighted by Gasteiger charge is -2.19. The summed E-state index contributed by atoms with van der Waals surface area (Å²) in [5.41, 5.74) is 5.42. The van der Waals surface area contributed by atoms with Crippen LogP contribution in [0.3, 0.4) is 0 Å². The van der Waals surface area contributed by atoms with Crippen LogP contribution in [-0.2, 0) is 13.0 Å². The molecular formula is C19H17ClN4OS. The smallest absolute Gasteiger partial charge is 0.258 e. The number of benzene rings is 1. The highest BCUT2D eigenvalue weighted by molar-refractivity contribution is 7.17. The number of thiophene rings is 1. The number of hydrogen-bond donors (Lipinski definition) is 1. The van der Waals surface area contributed by atoms with Gasteiger partial charge in [-0.25, -0.2) is 0 Å². The number of halogens is 1. The Morgan fingerprint density at radius 1 is 1.23 bits per heavy atom. The van der Waals surface area contributed by atoms with Gasteiger partial charge in [-0.3, -0.25) is 4.98 Å². The van der Waals surface area contributed by atoms with Crippen molar-refractivity contribution in [3.8, 4) is 22.8 Å². The molecule has 0 amide bonds. The summed E-state index contributed by atoms with van der Waals surface area (Å²) in [5.74, 6) is 1.18. The Kier molecular flexibility index (Phi) is 4.48. The van der Waals surface area contributed by atoms with Crippen LogP contribution in [0.2, 0.25) is 0 Å². The summed E-state index contributed by atoms with van der Waals surface area (Å²) in [6.45, 7) is 3.81. The van der Waals surface area contributed by atoms with Gasteiger partial charge in [0.05, 0.1) is 0 Å². The third kappa shape index (κ3) is 2.80. The Balaban J connectivity index is 0.00000168. The second-order valence-electron chi connectivity index (χ2n) is 6.25. The molecule has 0 radical (unpaired) electrons. The third-order valence-corrected chi connectivity index (χ3v) is 5.58. The molecule has 26 heavy (non-hydrogen) atoms. The van der Waals surface area contributed by atoms with E-state index in [1.807, 2.05) is 19.2 Å². The van der Waals surface area contributed by atoms with Crippen LogP contribution in [0.5, 0.6) is 0 Å². The molecule has 1 aliphatic rings. The highest BCUT2D eigenvalue weighted by Crippen LogP contribution is 2.31. The maximum absolute atomic E-state index is 5.58. The number of fused-ring (bicyclic) bond motifs is 2. The molecule has 5 nitrogen and oxygen atoms in total. The Morgan fingerprint density at radius 2 is 2.15 bits per heavy atom. The average molecular weight is 385 g/mol. The van der Waals surface area contributed by atoms with Gasteiger partial charge in [-0.05, 0) is 66.0 Å². The van der Waals surface area contributed by atoms with Crippen molar-refractivity contribution in [3.05, 3.63) is 52.7 Å². The molecule has 7 heteroatoms. The van der Waals surface area contributed by atoms with Crippen molar-refractivity contribution >= 4 is 33.8 Å². The van der Waals surface area contributed by atoms with Crippen molar-refractivity contribution in [2.45, 2.75) is 19.9 Å². The van der Waals surface area contributed by atoms with Crippen molar-refractivity contribution in [1.29, 1.82) is 0 Å². The molecule has 1 N–H and O–H groups in total. The summed E-state index contributed by atoms with van der Waals surface area (Å²) in [5, 5.41) is 10.9. The van der Waals surface area contributed by atoms with E-state index in [1.165, 1.54) is 21.2 Å². The summed E-state index contributed by atoms with van der Waals surface area (Å²) < 4.78 is 6.83. The van der Waals surface area contributed by atoms with Crippen molar-refractivity contribution in [2.75, 3.05) is 6.54 Å². The summed E-state index contributed by atoms with van der Waals surface area (Å²) in [4.78, 5) is 9.20. The van der Waals surface area contributed by atoms with Crippen LogP contribution >= 0.6 is 23.7 Å². The van der Waals surface area contributed by atoms with Crippen molar-refractivity contribution in [2.24, 2.45) is 0 Å². The molecule has 132 valence electrons. The molecule has 0 fully saturated rings. The molecule has 0 bridgehead atoms. The Morgan fingerprint density at radius 3 is 3.08 bits per heavy atom. The van der Waals surface area contributed by atoms with E-state index in [4.69, 9.17) is 4.52 Å². The molecule has 1 aliphatic heterocycles. The molecule has 0 saturated heterocycles. The zero-order valence-corrected chi connectivity index (χ0v) is 15.8. The number of nitrogens with zero attached hydrogens (tertiary/aromatic N) is 3. The quantitative estimate of drug-likeness (QED) is 0.555. The first kappa shape index (κ1) is 17.1. The lowest BCUT2D eigenvalue weighted by Crippen LogP contribution is -2.24. The van der Waals surface area contributed by atoms with Gasteiger partial charge in [0.1, 0.15) is 0 Å². The highest BCUT2D eigenvalue weighted by atomic mass is 35.5. The minimum Gasteiger partial charge on any atom is -0.334 e. The first-order valence-corrected chi connectivity index (χ1v) is 9.17. The van der Waals surface area contributed by atoms with Crippen LogP contribution in [-0.4, -0.2) is 21.7 Å². The second kappa shape index (κ2) is 6.79. The standard InChI is InChI=1S/C19H16N4OS.ClH/c1-11-17(15-4-6-20-9-14(15)10-21-11)18-22-19(24-23-18)13-2-3-16-12(8-13)5-7-25-16;/h2-3,5,7-8,10,20H,4,6,9H2,1H3;1H. The first-order valence-electron chi connectivity index (χ1n) is 8.29. The van der Waals surface area contributed by atoms with Crippen LogP contribution in [0.1, 0.15) is 16.8 Å². The van der Waals surface area contributed by atoms with E-state index in [2.05, 4.69) is 44.0 Å². The zero-order valence-electron chi connectivity index (χ0n) is 14.2. The van der Waals surface area contributed by atoms with E-state index in [-0.39, 0.29) is 12.4 Å². The molecule has 0 atom stereocenters. The fourth-order valence-electron chi connectivity index (χ4n) is 3.41. The van der Waals surface area contributed by atoms with Crippen molar-refractivity contribution < 1.29 is 4.52 Å². The van der Waals surface area contributed by atoms with E-state index in [0.717, 1.165) is 36.3 Å². The van der Waals surface area contributed by atoms with Gasteiger partial charge >= 0.3 is 0 Å². The van der Waals surface area contributed by atoms with E-state index < -0.39 is 0 Å². The number of aryl methyl sites for hydroxylation is 1. The van der Waals surface area contributed by atoms with Gasteiger partial charge in [0.25, 0.3) is 5.89 Å². The first-order chi connectivity index (χ1) is 12.3. The minimum atomic E-state index is 0. The van der Waals surface area contributed by atoms with Crippen molar-refractivity contribution in [3.63, 3.8) is 0 Å². The molecule has 1 aromatic carbocycles. The number of aromatic nitrogens is 3. The van der Waals surface area contributed by atoms with Gasteiger partial charge in [-0.15, -0.1) is 23.7 Å². The number of nitrogens with one attached hydrogen (secondary N) is 1. The maximum atomic E-state index is 5.58. The van der Waals surface area contributed by atoms with Crippen LogP contribution in [0, 0.1) is 6.92 Å². The molecule has 0 aliphatic carbocycles. The normalized spacial score (nSPS) is 13.4. The van der Waals surface area contributed by atoms with E-state index in [1.54, 1.807) is 11.3 Å². The fourth-order valence-corrected chi connectivity index (χ4v) is 4.18. The molecule has 0 spiro atoms.